The Balaban J connectivity index is 2.24. The van der Waals surface area contributed by atoms with Gasteiger partial charge in [-0.3, -0.25) is 0 Å². The summed E-state index contributed by atoms with van der Waals surface area (Å²) in [4.78, 5) is 4.44. The van der Waals surface area contributed by atoms with Crippen LogP contribution in [0.1, 0.15) is 5.56 Å². The summed E-state index contributed by atoms with van der Waals surface area (Å²) in [5.41, 5.74) is 2.06. The first-order chi connectivity index (χ1) is 8.20. The fourth-order valence-electron chi connectivity index (χ4n) is 1.73. The van der Waals surface area contributed by atoms with Crippen LogP contribution in [-0.4, -0.2) is 34.5 Å². The zero-order valence-electron chi connectivity index (χ0n) is 9.72. The van der Waals surface area contributed by atoms with Gasteiger partial charge in [0, 0.05) is 11.9 Å². The molecule has 4 heteroatoms. The second kappa shape index (κ2) is 5.12. The maximum Gasteiger partial charge on any atom is 0.127 e. The van der Waals surface area contributed by atoms with E-state index in [1.54, 1.807) is 0 Å². The number of hydrogen-bond acceptors (Lipinski definition) is 4. The van der Waals surface area contributed by atoms with Gasteiger partial charge in [0.15, 0.2) is 0 Å². The van der Waals surface area contributed by atoms with Gasteiger partial charge >= 0.3 is 0 Å². The first kappa shape index (κ1) is 11.8. The number of hydrogen-bond donors (Lipinski definition) is 3. The van der Waals surface area contributed by atoms with Gasteiger partial charge in [-0.05, 0) is 24.6 Å². The van der Waals surface area contributed by atoms with Crippen molar-refractivity contribution in [3.63, 3.8) is 0 Å². The standard InChI is InChI=1S/C13H16N2O2/c1-9-6-13(14-7-10(17)8-16)15-12-5-3-2-4-11(9)12/h2-6,10,16-17H,7-8H2,1H3,(H,14,15). The number of benzene rings is 1. The lowest BCUT2D eigenvalue weighted by molar-refractivity contribution is 0.105. The van der Waals surface area contributed by atoms with Crippen LogP contribution in [0.25, 0.3) is 10.9 Å². The molecule has 4 nitrogen and oxygen atoms in total. The monoisotopic (exact) mass is 232 g/mol. The van der Waals surface area contributed by atoms with E-state index >= 15 is 0 Å². The molecule has 1 aromatic carbocycles. The summed E-state index contributed by atoms with van der Waals surface area (Å²) >= 11 is 0. The smallest absolute Gasteiger partial charge is 0.127 e. The van der Waals surface area contributed by atoms with E-state index in [4.69, 9.17) is 5.11 Å². The molecule has 0 fully saturated rings. The number of aromatic nitrogens is 1. The number of nitrogens with one attached hydrogen (secondary N) is 1. The van der Waals surface area contributed by atoms with Crippen LogP contribution in [0.5, 0.6) is 0 Å². The topological polar surface area (TPSA) is 65.4 Å². The largest absolute Gasteiger partial charge is 0.394 e. The van der Waals surface area contributed by atoms with Gasteiger partial charge in [-0.25, -0.2) is 4.98 Å². The Morgan fingerprint density at radius 1 is 1.35 bits per heavy atom. The quantitative estimate of drug-likeness (QED) is 0.743. The first-order valence-corrected chi connectivity index (χ1v) is 5.60. The molecule has 2 rings (SSSR count). The molecular weight excluding hydrogens is 216 g/mol. The summed E-state index contributed by atoms with van der Waals surface area (Å²) in [7, 11) is 0. The van der Waals surface area contributed by atoms with E-state index in [1.165, 1.54) is 0 Å². The number of para-hydroxylation sites is 1. The number of anilines is 1. The van der Waals surface area contributed by atoms with Crippen molar-refractivity contribution in [2.24, 2.45) is 0 Å². The minimum Gasteiger partial charge on any atom is -0.394 e. The number of pyridine rings is 1. The second-order valence-corrected chi connectivity index (χ2v) is 4.06. The zero-order valence-corrected chi connectivity index (χ0v) is 9.72. The molecule has 3 N–H and O–H groups in total. The number of aliphatic hydroxyl groups excluding tert-OH is 2. The van der Waals surface area contributed by atoms with Crippen LogP contribution in [0, 0.1) is 6.92 Å². The molecule has 0 aliphatic heterocycles. The lowest BCUT2D eigenvalue weighted by atomic mass is 10.1. The van der Waals surface area contributed by atoms with Gasteiger partial charge in [-0.2, -0.15) is 0 Å². The van der Waals surface area contributed by atoms with Crippen LogP contribution < -0.4 is 5.32 Å². The predicted octanol–water partition coefficient (Wildman–Crippen LogP) is 1.31. The molecule has 0 radical (unpaired) electrons. The van der Waals surface area contributed by atoms with Crippen LogP contribution in [-0.2, 0) is 0 Å². The third kappa shape index (κ3) is 2.72. The maximum absolute atomic E-state index is 9.26. The molecule has 1 aromatic heterocycles. The molecular formula is C13H16N2O2. The zero-order chi connectivity index (χ0) is 12.3. The predicted molar refractivity (Wildman–Crippen MR) is 68.1 cm³/mol. The van der Waals surface area contributed by atoms with Crippen molar-refractivity contribution in [3.8, 4) is 0 Å². The van der Waals surface area contributed by atoms with E-state index < -0.39 is 6.10 Å². The van der Waals surface area contributed by atoms with Gasteiger partial charge < -0.3 is 15.5 Å². The van der Waals surface area contributed by atoms with Gasteiger partial charge in [-0.1, -0.05) is 18.2 Å². The first-order valence-electron chi connectivity index (χ1n) is 5.60. The van der Waals surface area contributed by atoms with E-state index in [1.807, 2.05) is 37.3 Å². The SMILES string of the molecule is Cc1cc(NCC(O)CO)nc2ccccc12. The average molecular weight is 232 g/mol. The Morgan fingerprint density at radius 2 is 2.12 bits per heavy atom. The van der Waals surface area contributed by atoms with Gasteiger partial charge in [0.25, 0.3) is 0 Å². The van der Waals surface area contributed by atoms with Crippen molar-refractivity contribution < 1.29 is 10.2 Å². The third-order valence-corrected chi connectivity index (χ3v) is 2.65. The van der Waals surface area contributed by atoms with Crippen LogP contribution in [0.15, 0.2) is 30.3 Å². The highest BCUT2D eigenvalue weighted by Crippen LogP contribution is 2.19. The van der Waals surface area contributed by atoms with Gasteiger partial charge in [0.05, 0.1) is 18.2 Å². The van der Waals surface area contributed by atoms with Crippen molar-refractivity contribution in [1.29, 1.82) is 0 Å². The highest BCUT2D eigenvalue weighted by Gasteiger charge is 2.04. The Morgan fingerprint density at radius 3 is 2.88 bits per heavy atom. The van der Waals surface area contributed by atoms with Crippen molar-refractivity contribution in [2.45, 2.75) is 13.0 Å². The Bertz CT molecular complexity index is 514. The fourth-order valence-corrected chi connectivity index (χ4v) is 1.73. The van der Waals surface area contributed by atoms with E-state index in [0.29, 0.717) is 12.4 Å². The minimum atomic E-state index is -0.761. The van der Waals surface area contributed by atoms with E-state index in [2.05, 4.69) is 10.3 Å². The highest BCUT2D eigenvalue weighted by molar-refractivity contribution is 5.83. The third-order valence-electron chi connectivity index (χ3n) is 2.65. The van der Waals surface area contributed by atoms with Gasteiger partial charge in [0.2, 0.25) is 0 Å². The number of rotatable bonds is 4. The molecule has 17 heavy (non-hydrogen) atoms. The van der Waals surface area contributed by atoms with Crippen LogP contribution >= 0.6 is 0 Å². The van der Waals surface area contributed by atoms with E-state index in [9.17, 15) is 5.11 Å². The Labute approximate surface area is 99.9 Å². The summed E-state index contributed by atoms with van der Waals surface area (Å²) in [6.45, 7) is 2.07. The molecule has 0 bridgehead atoms. The summed E-state index contributed by atoms with van der Waals surface area (Å²) < 4.78 is 0. The number of fused-ring (bicyclic) bond motifs is 1. The molecule has 90 valence electrons. The molecule has 0 spiro atoms. The van der Waals surface area contributed by atoms with E-state index in [0.717, 1.165) is 16.5 Å². The normalized spacial score (nSPS) is 12.6. The summed E-state index contributed by atoms with van der Waals surface area (Å²) in [6.07, 6.45) is -0.761. The minimum absolute atomic E-state index is 0.250. The van der Waals surface area contributed by atoms with Crippen LogP contribution in [0.4, 0.5) is 5.82 Å². The highest BCUT2D eigenvalue weighted by atomic mass is 16.3. The summed E-state index contributed by atoms with van der Waals surface area (Å²) in [5.74, 6) is 0.716. The molecule has 2 aromatic rings. The molecule has 0 saturated heterocycles. The molecule has 1 heterocycles. The molecule has 0 amide bonds. The maximum atomic E-state index is 9.26. The van der Waals surface area contributed by atoms with Gasteiger partial charge in [-0.15, -0.1) is 0 Å². The van der Waals surface area contributed by atoms with Gasteiger partial charge in [0.1, 0.15) is 5.82 Å². The Kier molecular flexibility index (Phi) is 3.56. The Hall–Kier alpha value is -1.65. The molecule has 0 aliphatic carbocycles. The van der Waals surface area contributed by atoms with Crippen LogP contribution in [0.3, 0.4) is 0 Å². The van der Waals surface area contributed by atoms with Crippen molar-refractivity contribution in [1.82, 2.24) is 4.98 Å². The molecule has 1 atom stereocenters. The van der Waals surface area contributed by atoms with E-state index in [-0.39, 0.29) is 6.61 Å². The lowest BCUT2D eigenvalue weighted by Crippen LogP contribution is -2.23. The molecule has 1 unspecified atom stereocenters. The van der Waals surface area contributed by atoms with Crippen molar-refractivity contribution in [3.05, 3.63) is 35.9 Å². The molecule has 0 aliphatic rings. The second-order valence-electron chi connectivity index (χ2n) is 4.06. The molecule has 0 saturated carbocycles. The average Bonchev–Trinajstić information content (AvgIpc) is 2.36. The fraction of sp³-hybridized carbons (Fsp3) is 0.308. The van der Waals surface area contributed by atoms with Crippen LogP contribution in [0.2, 0.25) is 0 Å². The summed E-state index contributed by atoms with van der Waals surface area (Å²) in [5, 5.41) is 22.1. The van der Waals surface area contributed by atoms with Crippen molar-refractivity contribution >= 4 is 16.7 Å². The number of nitrogens with zero attached hydrogens (tertiary/aromatic N) is 1. The lowest BCUT2D eigenvalue weighted by Gasteiger charge is -2.11. The summed E-state index contributed by atoms with van der Waals surface area (Å²) in [6, 6.07) is 9.85. The number of aryl methyl sites for hydroxylation is 1. The van der Waals surface area contributed by atoms with Crippen molar-refractivity contribution in [2.75, 3.05) is 18.5 Å². The number of aliphatic hydroxyl groups is 2.